The molecule has 0 atom stereocenters. The van der Waals surface area contributed by atoms with E-state index in [9.17, 15) is 0 Å². The molecule has 0 aliphatic rings. The van der Waals surface area contributed by atoms with E-state index in [2.05, 4.69) is 19.9 Å². The molecule has 2 nitrogen and oxygen atoms in total. The first-order valence-electron chi connectivity index (χ1n) is 4.43. The van der Waals surface area contributed by atoms with Gasteiger partial charge in [-0.25, -0.2) is 0 Å². The van der Waals surface area contributed by atoms with E-state index in [0.29, 0.717) is 11.7 Å². The molecule has 2 aromatic rings. The molecule has 2 heterocycles. The summed E-state index contributed by atoms with van der Waals surface area (Å²) >= 11 is 1.53. The molecule has 0 saturated heterocycles. The van der Waals surface area contributed by atoms with Crippen LogP contribution in [0.3, 0.4) is 0 Å². The lowest BCUT2D eigenvalue weighted by molar-refractivity contribution is 0.600. The van der Waals surface area contributed by atoms with Crippen LogP contribution in [0.2, 0.25) is 0 Å². The predicted octanol–water partition coefficient (Wildman–Crippen LogP) is 1.95. The van der Waals surface area contributed by atoms with Gasteiger partial charge in [0.05, 0.1) is 4.70 Å². The smallest absolute Gasteiger partial charge is 0.129 e. The minimum absolute atomic E-state index is 0.311. The maximum Gasteiger partial charge on any atom is 0.129 e. The van der Waals surface area contributed by atoms with Gasteiger partial charge in [0.25, 0.3) is 0 Å². The molecular formula is C10H9BN2S. The summed E-state index contributed by atoms with van der Waals surface area (Å²) in [5.74, 6) is 0. The van der Waals surface area contributed by atoms with Gasteiger partial charge in [0.1, 0.15) is 19.6 Å². The van der Waals surface area contributed by atoms with Gasteiger partial charge >= 0.3 is 0 Å². The Kier molecular flexibility index (Phi) is 2.12. The van der Waals surface area contributed by atoms with Gasteiger partial charge in [-0.1, -0.05) is 0 Å². The minimum Gasteiger partial charge on any atom is -0.335 e. The van der Waals surface area contributed by atoms with E-state index in [1.165, 1.54) is 11.3 Å². The van der Waals surface area contributed by atoms with Gasteiger partial charge in [-0.3, -0.25) is 0 Å². The number of rotatable bonds is 1. The third-order valence-corrected chi connectivity index (χ3v) is 3.11. The van der Waals surface area contributed by atoms with Crippen molar-refractivity contribution in [3.8, 4) is 6.07 Å². The van der Waals surface area contributed by atoms with Gasteiger partial charge in [-0.05, 0) is 24.7 Å². The molecule has 0 aromatic carbocycles. The van der Waals surface area contributed by atoms with E-state index in [1.807, 2.05) is 16.8 Å². The van der Waals surface area contributed by atoms with Crippen molar-refractivity contribution in [1.82, 2.24) is 4.57 Å². The topological polar surface area (TPSA) is 28.7 Å². The highest BCUT2D eigenvalue weighted by atomic mass is 32.1. The Balaban J connectivity index is 2.76. The zero-order valence-corrected chi connectivity index (χ0v) is 8.93. The first-order chi connectivity index (χ1) is 6.63. The van der Waals surface area contributed by atoms with Gasteiger partial charge in [0.15, 0.2) is 0 Å². The van der Waals surface area contributed by atoms with Gasteiger partial charge in [-0.2, -0.15) is 16.6 Å². The molecule has 4 heteroatoms. The molecule has 0 fully saturated rings. The molecular weight excluding hydrogens is 191 g/mol. The molecule has 0 unspecified atom stereocenters. The summed E-state index contributed by atoms with van der Waals surface area (Å²) < 4.78 is 3.84. The van der Waals surface area contributed by atoms with Gasteiger partial charge in [-0.15, -0.1) is 0 Å². The lowest BCUT2D eigenvalue weighted by Gasteiger charge is -2.07. The largest absolute Gasteiger partial charge is 0.335 e. The van der Waals surface area contributed by atoms with E-state index in [0.717, 1.165) is 14.9 Å². The molecule has 2 aromatic heterocycles. The highest BCUT2D eigenvalue weighted by molar-refractivity contribution is 7.26. The van der Waals surface area contributed by atoms with E-state index in [1.54, 1.807) is 0 Å². The number of nitrogens with zero attached hydrogens (tertiary/aromatic N) is 2. The van der Waals surface area contributed by atoms with Crippen molar-refractivity contribution < 1.29 is 0 Å². The third kappa shape index (κ3) is 1.25. The maximum absolute atomic E-state index is 9.06. The molecule has 2 rings (SSSR count). The van der Waals surface area contributed by atoms with Crippen molar-refractivity contribution in [2.45, 2.75) is 19.9 Å². The predicted molar refractivity (Wildman–Crippen MR) is 60.3 cm³/mol. The van der Waals surface area contributed by atoms with Crippen LogP contribution in [-0.4, -0.2) is 12.4 Å². The standard InChI is InChI=1S/C10H9BN2S/c1-6(2)13-5-9-7(8(13)4-12)3-10(11)14-9/h3,5-6H,1-2H3. The van der Waals surface area contributed by atoms with Crippen molar-refractivity contribution in [3.63, 3.8) is 0 Å². The number of fused-ring (bicyclic) bond motifs is 1. The zero-order chi connectivity index (χ0) is 10.3. The van der Waals surface area contributed by atoms with E-state index in [-0.39, 0.29) is 0 Å². The Labute approximate surface area is 88.2 Å². The second kappa shape index (κ2) is 3.18. The molecule has 68 valence electrons. The second-order valence-electron chi connectivity index (χ2n) is 3.52. The fourth-order valence-corrected chi connectivity index (χ4v) is 2.42. The molecule has 0 aliphatic heterocycles. The second-order valence-corrected chi connectivity index (χ2v) is 4.63. The van der Waals surface area contributed by atoms with Crippen LogP contribution in [0, 0.1) is 11.3 Å². The summed E-state index contributed by atoms with van der Waals surface area (Å²) in [6.07, 6.45) is 2.00. The summed E-state index contributed by atoms with van der Waals surface area (Å²) in [7, 11) is 5.68. The van der Waals surface area contributed by atoms with Crippen molar-refractivity contribution >= 4 is 34.0 Å². The molecule has 0 bridgehead atoms. The fraction of sp³-hybridized carbons (Fsp3) is 0.300. The normalized spacial score (nSPS) is 11.0. The summed E-state index contributed by atoms with van der Waals surface area (Å²) in [6.45, 7) is 4.13. The van der Waals surface area contributed by atoms with Crippen LogP contribution in [0.5, 0.6) is 0 Å². The Hall–Kier alpha value is -1.21. The lowest BCUT2D eigenvalue weighted by atomic mass is 10.1. The Morgan fingerprint density at radius 3 is 2.86 bits per heavy atom. The Morgan fingerprint density at radius 2 is 2.29 bits per heavy atom. The van der Waals surface area contributed by atoms with Crippen molar-refractivity contribution in [2.75, 3.05) is 0 Å². The monoisotopic (exact) mass is 200 g/mol. The van der Waals surface area contributed by atoms with Gasteiger partial charge in [0.2, 0.25) is 0 Å². The van der Waals surface area contributed by atoms with Crippen LogP contribution in [0.25, 0.3) is 10.1 Å². The third-order valence-electron chi connectivity index (χ3n) is 2.21. The summed E-state index contributed by atoms with van der Waals surface area (Å²) in [5.41, 5.74) is 0.711. The van der Waals surface area contributed by atoms with E-state index in [4.69, 9.17) is 13.1 Å². The van der Waals surface area contributed by atoms with E-state index >= 15 is 0 Å². The number of hydrogen-bond acceptors (Lipinski definition) is 2. The van der Waals surface area contributed by atoms with Crippen LogP contribution < -0.4 is 4.78 Å². The highest BCUT2D eigenvalue weighted by Crippen LogP contribution is 2.26. The average molecular weight is 200 g/mol. The molecule has 0 aliphatic carbocycles. The number of nitriles is 1. The average Bonchev–Trinajstić information content (AvgIpc) is 2.59. The first kappa shape index (κ1) is 9.35. The van der Waals surface area contributed by atoms with Gasteiger partial charge < -0.3 is 4.57 Å². The number of hydrogen-bond donors (Lipinski definition) is 0. The van der Waals surface area contributed by atoms with Crippen molar-refractivity contribution in [1.29, 1.82) is 5.26 Å². The Morgan fingerprint density at radius 1 is 1.57 bits per heavy atom. The fourth-order valence-electron chi connectivity index (χ4n) is 1.56. The quantitative estimate of drug-likeness (QED) is 0.646. The lowest BCUT2D eigenvalue weighted by Crippen LogP contribution is -2.02. The maximum atomic E-state index is 9.06. The SMILES string of the molecule is [B]c1cc2c(C#N)n(C(C)C)cc2s1. The van der Waals surface area contributed by atoms with Crippen LogP contribution >= 0.6 is 11.3 Å². The highest BCUT2D eigenvalue weighted by Gasteiger charge is 2.12. The summed E-state index contributed by atoms with van der Waals surface area (Å²) in [4.78, 5) is 0. The van der Waals surface area contributed by atoms with Crippen LogP contribution in [-0.2, 0) is 0 Å². The van der Waals surface area contributed by atoms with E-state index < -0.39 is 0 Å². The first-order valence-corrected chi connectivity index (χ1v) is 5.25. The number of aromatic nitrogens is 1. The van der Waals surface area contributed by atoms with Crippen molar-refractivity contribution in [3.05, 3.63) is 18.0 Å². The summed E-state index contributed by atoms with van der Waals surface area (Å²) in [5, 5.41) is 10.0. The molecule has 0 saturated carbocycles. The zero-order valence-electron chi connectivity index (χ0n) is 8.11. The molecule has 0 amide bonds. The summed E-state index contributed by atoms with van der Waals surface area (Å²) in [6, 6.07) is 4.41. The molecule has 2 radical (unpaired) electrons. The van der Waals surface area contributed by atoms with Crippen LogP contribution in [0.1, 0.15) is 25.6 Å². The molecule has 14 heavy (non-hydrogen) atoms. The minimum atomic E-state index is 0.311. The molecule has 0 spiro atoms. The molecule has 0 N–H and O–H groups in total. The van der Waals surface area contributed by atoms with Gasteiger partial charge in [0, 0.05) is 17.6 Å². The van der Waals surface area contributed by atoms with Crippen molar-refractivity contribution in [2.24, 2.45) is 0 Å². The Bertz CT molecular complexity index is 516. The van der Waals surface area contributed by atoms with Crippen LogP contribution in [0.15, 0.2) is 12.3 Å². The van der Waals surface area contributed by atoms with Crippen LogP contribution in [0.4, 0.5) is 0 Å². The number of thiophene rings is 1.